The number of benzene rings is 2. The lowest BCUT2D eigenvalue weighted by Gasteiger charge is -2.17. The smallest absolute Gasteiger partial charge is 0.308 e. The fraction of sp³-hybridized carbons (Fsp3) is 0.300. The van der Waals surface area contributed by atoms with Crippen LogP contribution < -0.4 is 9.47 Å². The standard InChI is InChI=1S/C20H19NO5/c1-12-2-4-13(5-3-12)19(22)21-9-15(16(10-21)20(23)24)14-6-7-17-18(8-14)26-11-25-17/h2-8,15-16H,9-11H2,1H3,(H,23,24)/t15-,16+/m0/s1. The summed E-state index contributed by atoms with van der Waals surface area (Å²) in [7, 11) is 0. The van der Waals surface area contributed by atoms with Crippen molar-refractivity contribution in [1.82, 2.24) is 4.90 Å². The van der Waals surface area contributed by atoms with Crippen LogP contribution in [0.2, 0.25) is 0 Å². The maximum atomic E-state index is 12.8. The van der Waals surface area contributed by atoms with E-state index in [0.29, 0.717) is 23.6 Å². The normalized spacial score (nSPS) is 21.0. The van der Waals surface area contributed by atoms with Gasteiger partial charge in [-0.25, -0.2) is 0 Å². The fourth-order valence-electron chi connectivity index (χ4n) is 3.58. The van der Waals surface area contributed by atoms with Crippen molar-refractivity contribution in [3.63, 3.8) is 0 Å². The van der Waals surface area contributed by atoms with Crippen molar-refractivity contribution >= 4 is 11.9 Å². The lowest BCUT2D eigenvalue weighted by molar-refractivity contribution is -0.141. The number of carboxylic acids is 1. The third kappa shape index (κ3) is 2.87. The van der Waals surface area contributed by atoms with Crippen LogP contribution in [0.1, 0.15) is 27.4 Å². The van der Waals surface area contributed by atoms with Crippen LogP contribution in [-0.2, 0) is 4.79 Å². The number of carbonyl (C=O) groups excluding carboxylic acids is 1. The number of fused-ring (bicyclic) bond motifs is 1. The third-order valence-electron chi connectivity index (χ3n) is 5.05. The van der Waals surface area contributed by atoms with Crippen LogP contribution in [0.15, 0.2) is 42.5 Å². The van der Waals surface area contributed by atoms with E-state index in [1.165, 1.54) is 0 Å². The quantitative estimate of drug-likeness (QED) is 0.918. The lowest BCUT2D eigenvalue weighted by atomic mass is 9.89. The van der Waals surface area contributed by atoms with Crippen LogP contribution in [0, 0.1) is 12.8 Å². The molecule has 1 amide bonds. The Morgan fingerprint density at radius 2 is 1.77 bits per heavy atom. The minimum Gasteiger partial charge on any atom is -0.481 e. The molecule has 2 aliphatic heterocycles. The predicted molar refractivity (Wildman–Crippen MR) is 93.5 cm³/mol. The van der Waals surface area contributed by atoms with Gasteiger partial charge in [0, 0.05) is 24.6 Å². The Balaban J connectivity index is 1.60. The number of hydrogen-bond donors (Lipinski definition) is 1. The van der Waals surface area contributed by atoms with Crippen molar-refractivity contribution in [2.75, 3.05) is 19.9 Å². The Labute approximate surface area is 151 Å². The van der Waals surface area contributed by atoms with E-state index in [4.69, 9.17) is 9.47 Å². The van der Waals surface area contributed by atoms with Crippen LogP contribution in [0.25, 0.3) is 0 Å². The molecule has 2 aromatic rings. The van der Waals surface area contributed by atoms with Gasteiger partial charge in [-0.2, -0.15) is 0 Å². The molecule has 4 rings (SSSR count). The second-order valence-corrected chi connectivity index (χ2v) is 6.74. The summed E-state index contributed by atoms with van der Waals surface area (Å²) in [5.41, 5.74) is 2.50. The van der Waals surface area contributed by atoms with Crippen LogP contribution >= 0.6 is 0 Å². The Morgan fingerprint density at radius 1 is 1.04 bits per heavy atom. The molecule has 1 fully saturated rings. The molecule has 134 valence electrons. The molecule has 2 atom stereocenters. The van der Waals surface area contributed by atoms with Gasteiger partial charge in [0.2, 0.25) is 6.79 Å². The molecule has 2 aromatic carbocycles. The first-order valence-electron chi connectivity index (χ1n) is 8.51. The third-order valence-corrected chi connectivity index (χ3v) is 5.05. The predicted octanol–water partition coefficient (Wildman–Crippen LogP) is 2.66. The average molecular weight is 353 g/mol. The topological polar surface area (TPSA) is 76.1 Å². The first-order chi connectivity index (χ1) is 12.5. The summed E-state index contributed by atoms with van der Waals surface area (Å²) < 4.78 is 10.7. The van der Waals surface area contributed by atoms with Crippen molar-refractivity contribution in [1.29, 1.82) is 0 Å². The van der Waals surface area contributed by atoms with E-state index in [-0.39, 0.29) is 25.2 Å². The zero-order valence-electron chi connectivity index (χ0n) is 14.3. The summed E-state index contributed by atoms with van der Waals surface area (Å²) in [6.07, 6.45) is 0. The van der Waals surface area contributed by atoms with Crippen molar-refractivity contribution in [2.45, 2.75) is 12.8 Å². The van der Waals surface area contributed by atoms with Crippen LogP contribution in [0.4, 0.5) is 0 Å². The van der Waals surface area contributed by atoms with Gasteiger partial charge in [-0.15, -0.1) is 0 Å². The van der Waals surface area contributed by atoms with Gasteiger partial charge in [0.1, 0.15) is 0 Å². The zero-order valence-corrected chi connectivity index (χ0v) is 14.3. The van der Waals surface area contributed by atoms with Gasteiger partial charge < -0.3 is 19.5 Å². The molecular formula is C20H19NO5. The van der Waals surface area contributed by atoms with E-state index in [0.717, 1.165) is 11.1 Å². The van der Waals surface area contributed by atoms with Crippen molar-refractivity contribution in [3.05, 3.63) is 59.2 Å². The molecule has 0 radical (unpaired) electrons. The Hall–Kier alpha value is -3.02. The molecule has 2 heterocycles. The average Bonchev–Trinajstić information content (AvgIpc) is 3.28. The molecule has 0 aliphatic carbocycles. The molecule has 0 aromatic heterocycles. The molecule has 0 saturated carbocycles. The van der Waals surface area contributed by atoms with Crippen LogP contribution in [-0.4, -0.2) is 41.8 Å². The minimum absolute atomic E-state index is 0.139. The summed E-state index contributed by atoms with van der Waals surface area (Å²) in [5.74, 6) is -0.686. The van der Waals surface area contributed by atoms with E-state index in [2.05, 4.69) is 0 Å². The molecule has 26 heavy (non-hydrogen) atoms. The summed E-state index contributed by atoms with van der Waals surface area (Å²) in [6.45, 7) is 2.69. The highest BCUT2D eigenvalue weighted by Crippen LogP contribution is 2.39. The van der Waals surface area contributed by atoms with Gasteiger partial charge in [-0.3, -0.25) is 9.59 Å². The van der Waals surface area contributed by atoms with E-state index in [9.17, 15) is 14.7 Å². The van der Waals surface area contributed by atoms with Gasteiger partial charge in [0.05, 0.1) is 5.92 Å². The number of rotatable bonds is 3. The summed E-state index contributed by atoms with van der Waals surface area (Å²) in [6, 6.07) is 12.8. The molecule has 1 N–H and O–H groups in total. The van der Waals surface area contributed by atoms with E-state index < -0.39 is 11.9 Å². The number of hydrogen-bond acceptors (Lipinski definition) is 4. The van der Waals surface area contributed by atoms with Gasteiger partial charge >= 0.3 is 5.97 Å². The number of nitrogens with zero attached hydrogens (tertiary/aromatic N) is 1. The second-order valence-electron chi connectivity index (χ2n) is 6.74. The Kier molecular flexibility index (Phi) is 4.03. The van der Waals surface area contributed by atoms with E-state index in [1.54, 1.807) is 23.1 Å². The van der Waals surface area contributed by atoms with Gasteiger partial charge in [0.25, 0.3) is 5.91 Å². The minimum atomic E-state index is -0.896. The Morgan fingerprint density at radius 3 is 2.50 bits per heavy atom. The fourth-order valence-corrected chi connectivity index (χ4v) is 3.58. The van der Waals surface area contributed by atoms with Gasteiger partial charge in [-0.05, 0) is 36.8 Å². The summed E-state index contributed by atoms with van der Waals surface area (Å²) in [5, 5.41) is 9.65. The van der Waals surface area contributed by atoms with Crippen molar-refractivity contribution in [2.24, 2.45) is 5.92 Å². The zero-order chi connectivity index (χ0) is 18.3. The number of carboxylic acid groups (broad SMARTS) is 1. The van der Waals surface area contributed by atoms with Crippen LogP contribution in [0.3, 0.4) is 0 Å². The van der Waals surface area contributed by atoms with E-state index >= 15 is 0 Å². The molecular weight excluding hydrogens is 334 g/mol. The maximum Gasteiger partial charge on any atom is 0.308 e. The summed E-state index contributed by atoms with van der Waals surface area (Å²) >= 11 is 0. The molecule has 0 bridgehead atoms. The number of aryl methyl sites for hydroxylation is 1. The van der Waals surface area contributed by atoms with Gasteiger partial charge in [0.15, 0.2) is 11.5 Å². The molecule has 6 heteroatoms. The van der Waals surface area contributed by atoms with Crippen molar-refractivity contribution < 1.29 is 24.2 Å². The highest BCUT2D eigenvalue weighted by atomic mass is 16.7. The molecule has 0 unspecified atom stereocenters. The number of likely N-dealkylation sites (tertiary alicyclic amines) is 1. The monoisotopic (exact) mass is 353 g/mol. The van der Waals surface area contributed by atoms with Gasteiger partial charge in [-0.1, -0.05) is 23.8 Å². The number of aliphatic carboxylic acids is 1. The first-order valence-corrected chi connectivity index (χ1v) is 8.51. The van der Waals surface area contributed by atoms with Crippen LogP contribution in [0.5, 0.6) is 11.5 Å². The maximum absolute atomic E-state index is 12.8. The number of ether oxygens (including phenoxy) is 2. The number of amides is 1. The second kappa shape index (κ2) is 6.37. The lowest BCUT2D eigenvalue weighted by Crippen LogP contribution is -2.29. The SMILES string of the molecule is Cc1ccc(C(=O)N2C[C@@H](C(=O)O)[C@H](c3ccc4c(c3)OCO4)C2)cc1. The van der Waals surface area contributed by atoms with Crippen molar-refractivity contribution in [3.8, 4) is 11.5 Å². The Bertz CT molecular complexity index is 861. The van der Waals surface area contributed by atoms with E-state index in [1.807, 2.05) is 31.2 Å². The highest BCUT2D eigenvalue weighted by molar-refractivity contribution is 5.95. The molecule has 0 spiro atoms. The highest BCUT2D eigenvalue weighted by Gasteiger charge is 2.41. The molecule has 2 aliphatic rings. The molecule has 6 nitrogen and oxygen atoms in total. The molecule has 1 saturated heterocycles. The first kappa shape index (κ1) is 16.4. The largest absolute Gasteiger partial charge is 0.481 e. The summed E-state index contributed by atoms with van der Waals surface area (Å²) in [4.78, 5) is 26.2. The number of carbonyl (C=O) groups is 2.